The first-order valence-corrected chi connectivity index (χ1v) is 8.75. The molecular formula is C20H15N7O. The molecule has 0 unspecified atom stereocenters. The van der Waals surface area contributed by atoms with Crippen LogP contribution < -0.4 is 10.9 Å². The number of nitrogens with zero attached hydrogens (tertiary/aromatic N) is 5. The minimum atomic E-state index is -0.183. The molecule has 0 aliphatic carbocycles. The zero-order valence-electron chi connectivity index (χ0n) is 14.7. The number of benzene rings is 1. The maximum Gasteiger partial charge on any atom is 0.267 e. The second-order valence-electron chi connectivity index (χ2n) is 6.24. The molecule has 0 atom stereocenters. The number of aromatic nitrogens is 6. The number of hydrogen-bond donors (Lipinski definition) is 2. The topological polar surface area (TPSA) is 101 Å². The van der Waals surface area contributed by atoms with Gasteiger partial charge in [-0.3, -0.25) is 19.4 Å². The molecule has 0 spiro atoms. The van der Waals surface area contributed by atoms with E-state index in [2.05, 4.69) is 30.5 Å². The van der Waals surface area contributed by atoms with Crippen LogP contribution in [-0.2, 0) is 6.54 Å². The van der Waals surface area contributed by atoms with Crippen LogP contribution in [0.15, 0.2) is 71.9 Å². The Hall–Kier alpha value is -4.07. The summed E-state index contributed by atoms with van der Waals surface area (Å²) in [6, 6.07) is 15.1. The summed E-state index contributed by atoms with van der Waals surface area (Å²) in [5, 5.41) is 11.3. The molecule has 4 heterocycles. The van der Waals surface area contributed by atoms with Gasteiger partial charge < -0.3 is 5.32 Å². The monoisotopic (exact) mass is 369 g/mol. The number of nitrogens with one attached hydrogen (secondary N) is 2. The van der Waals surface area contributed by atoms with E-state index in [1.807, 2.05) is 48.5 Å². The Labute approximate surface area is 158 Å². The highest BCUT2D eigenvalue weighted by molar-refractivity contribution is 6.02. The molecule has 4 aromatic heterocycles. The first-order chi connectivity index (χ1) is 13.8. The highest BCUT2D eigenvalue weighted by Crippen LogP contribution is 2.22. The molecular weight excluding hydrogens is 354 g/mol. The third-order valence-electron chi connectivity index (χ3n) is 4.49. The fourth-order valence-electron chi connectivity index (χ4n) is 3.16. The summed E-state index contributed by atoms with van der Waals surface area (Å²) in [7, 11) is 0. The largest absolute Gasteiger partial charge is 0.349 e. The van der Waals surface area contributed by atoms with Crippen molar-refractivity contribution in [1.29, 1.82) is 0 Å². The van der Waals surface area contributed by atoms with Crippen LogP contribution in [0.1, 0.15) is 5.69 Å². The van der Waals surface area contributed by atoms with Crippen molar-refractivity contribution in [3.63, 3.8) is 0 Å². The Morgan fingerprint density at radius 1 is 0.964 bits per heavy atom. The zero-order chi connectivity index (χ0) is 18.9. The lowest BCUT2D eigenvalue weighted by atomic mass is 10.2. The van der Waals surface area contributed by atoms with Gasteiger partial charge in [-0.25, -0.2) is 4.98 Å². The number of rotatable bonds is 4. The summed E-state index contributed by atoms with van der Waals surface area (Å²) in [5.41, 5.74) is 2.55. The van der Waals surface area contributed by atoms with Crippen LogP contribution in [0.3, 0.4) is 0 Å². The van der Waals surface area contributed by atoms with Gasteiger partial charge in [-0.15, -0.1) is 0 Å². The van der Waals surface area contributed by atoms with Gasteiger partial charge in [0.1, 0.15) is 0 Å². The lowest BCUT2D eigenvalue weighted by Crippen LogP contribution is -2.20. The predicted molar refractivity (Wildman–Crippen MR) is 106 cm³/mol. The highest BCUT2D eigenvalue weighted by atomic mass is 16.1. The molecule has 0 saturated carbocycles. The Balaban J connectivity index is 1.69. The van der Waals surface area contributed by atoms with Crippen molar-refractivity contribution in [2.24, 2.45) is 0 Å². The van der Waals surface area contributed by atoms with Gasteiger partial charge in [0.15, 0.2) is 5.65 Å². The average Bonchev–Trinajstić information content (AvgIpc) is 3.24. The summed E-state index contributed by atoms with van der Waals surface area (Å²) in [6.07, 6.45) is 4.96. The summed E-state index contributed by atoms with van der Waals surface area (Å²) in [6.45, 7) is 0.480. The number of para-hydroxylation sites is 1. The van der Waals surface area contributed by atoms with Gasteiger partial charge >= 0.3 is 0 Å². The molecule has 2 N–H and O–H groups in total. The summed E-state index contributed by atoms with van der Waals surface area (Å²) >= 11 is 0. The molecule has 0 radical (unpaired) electrons. The van der Waals surface area contributed by atoms with Crippen molar-refractivity contribution < 1.29 is 0 Å². The van der Waals surface area contributed by atoms with E-state index in [4.69, 9.17) is 0 Å². The minimum absolute atomic E-state index is 0.183. The van der Waals surface area contributed by atoms with E-state index in [-0.39, 0.29) is 5.56 Å². The summed E-state index contributed by atoms with van der Waals surface area (Å²) < 4.78 is 1.58. The second-order valence-corrected chi connectivity index (χ2v) is 6.24. The Morgan fingerprint density at radius 3 is 2.64 bits per heavy atom. The summed E-state index contributed by atoms with van der Waals surface area (Å²) in [4.78, 5) is 26.4. The molecule has 0 amide bonds. The van der Waals surface area contributed by atoms with Crippen molar-refractivity contribution in [3.05, 3.63) is 83.2 Å². The van der Waals surface area contributed by atoms with Gasteiger partial charge in [0.05, 0.1) is 40.4 Å². The molecule has 0 saturated heterocycles. The third kappa shape index (κ3) is 2.67. The number of H-pyrrole nitrogens is 1. The lowest BCUT2D eigenvalue weighted by molar-refractivity contribution is 0.984. The van der Waals surface area contributed by atoms with Gasteiger partial charge in [-0.2, -0.15) is 10.1 Å². The smallest absolute Gasteiger partial charge is 0.267 e. The van der Waals surface area contributed by atoms with Crippen molar-refractivity contribution in [3.8, 4) is 5.69 Å². The minimum Gasteiger partial charge on any atom is -0.349 e. The fraction of sp³-hybridized carbons (Fsp3) is 0.0500. The van der Waals surface area contributed by atoms with Crippen molar-refractivity contribution in [2.45, 2.75) is 6.54 Å². The van der Waals surface area contributed by atoms with E-state index < -0.39 is 0 Å². The van der Waals surface area contributed by atoms with E-state index in [0.717, 1.165) is 16.8 Å². The van der Waals surface area contributed by atoms with Crippen molar-refractivity contribution in [2.75, 3.05) is 5.32 Å². The standard InChI is InChI=1S/C20H15N7O/c28-19-16-12-24-26-17(16)15-11-23-20(22-10-13-6-4-5-9-21-13)25-18(15)27(19)14-7-2-1-3-8-14/h1-9,11-12H,10H2,(H,24,26)(H,22,23,25). The molecule has 5 aromatic rings. The molecule has 0 bridgehead atoms. The van der Waals surface area contributed by atoms with E-state index in [1.165, 1.54) is 6.20 Å². The SMILES string of the molecule is O=c1c2cn[nH]c2c2cnc(NCc3ccccn3)nc2n1-c1ccccc1. The molecule has 8 heteroatoms. The normalized spacial score (nSPS) is 11.1. The number of hydrogen-bond acceptors (Lipinski definition) is 6. The third-order valence-corrected chi connectivity index (χ3v) is 4.49. The van der Waals surface area contributed by atoms with E-state index >= 15 is 0 Å². The van der Waals surface area contributed by atoms with Gasteiger partial charge in [0.2, 0.25) is 5.95 Å². The second kappa shape index (κ2) is 6.58. The van der Waals surface area contributed by atoms with E-state index in [9.17, 15) is 4.79 Å². The van der Waals surface area contributed by atoms with Crippen LogP contribution in [0.4, 0.5) is 5.95 Å². The number of anilines is 1. The molecule has 1 aromatic carbocycles. The quantitative estimate of drug-likeness (QED) is 0.505. The lowest BCUT2D eigenvalue weighted by Gasteiger charge is -2.12. The number of aromatic amines is 1. The first kappa shape index (κ1) is 16.1. The predicted octanol–water partition coefficient (Wildman–Crippen LogP) is 2.66. The molecule has 0 aliphatic rings. The van der Waals surface area contributed by atoms with Crippen LogP contribution in [0.2, 0.25) is 0 Å². The molecule has 0 fully saturated rings. The highest BCUT2D eigenvalue weighted by Gasteiger charge is 2.16. The van der Waals surface area contributed by atoms with Crippen LogP contribution in [0, 0.1) is 0 Å². The van der Waals surface area contributed by atoms with Crippen LogP contribution in [0.25, 0.3) is 27.6 Å². The van der Waals surface area contributed by atoms with Crippen molar-refractivity contribution >= 4 is 27.9 Å². The maximum absolute atomic E-state index is 13.1. The van der Waals surface area contributed by atoms with Crippen LogP contribution in [-0.4, -0.2) is 29.7 Å². The molecule has 8 nitrogen and oxygen atoms in total. The molecule has 28 heavy (non-hydrogen) atoms. The molecule has 5 rings (SSSR count). The zero-order valence-corrected chi connectivity index (χ0v) is 14.7. The molecule has 0 aliphatic heterocycles. The Kier molecular flexibility index (Phi) is 3.79. The van der Waals surface area contributed by atoms with Crippen LogP contribution in [0.5, 0.6) is 0 Å². The fourth-order valence-corrected chi connectivity index (χ4v) is 3.16. The first-order valence-electron chi connectivity index (χ1n) is 8.75. The Morgan fingerprint density at radius 2 is 1.82 bits per heavy atom. The maximum atomic E-state index is 13.1. The van der Waals surface area contributed by atoms with Crippen molar-refractivity contribution in [1.82, 2.24) is 29.7 Å². The van der Waals surface area contributed by atoms with Gasteiger partial charge in [0, 0.05) is 12.4 Å². The van der Waals surface area contributed by atoms with E-state index in [0.29, 0.717) is 29.0 Å². The van der Waals surface area contributed by atoms with Gasteiger partial charge in [-0.1, -0.05) is 24.3 Å². The summed E-state index contributed by atoms with van der Waals surface area (Å²) in [5.74, 6) is 0.418. The molecule has 136 valence electrons. The van der Waals surface area contributed by atoms with Crippen LogP contribution >= 0.6 is 0 Å². The Bertz CT molecular complexity index is 1330. The number of pyridine rings is 2. The number of fused-ring (bicyclic) bond motifs is 3. The van der Waals surface area contributed by atoms with E-state index in [1.54, 1.807) is 17.0 Å². The van der Waals surface area contributed by atoms with Gasteiger partial charge in [-0.05, 0) is 24.3 Å². The van der Waals surface area contributed by atoms with Gasteiger partial charge in [0.25, 0.3) is 5.56 Å². The average molecular weight is 369 g/mol.